The van der Waals surface area contributed by atoms with Crippen molar-refractivity contribution in [1.82, 2.24) is 15.0 Å². The molecule has 0 radical (unpaired) electrons. The van der Waals surface area contributed by atoms with Gasteiger partial charge in [-0.3, -0.25) is 0 Å². The highest BCUT2D eigenvalue weighted by atomic mass is 32.2. The second-order valence-corrected chi connectivity index (χ2v) is 6.39. The first-order valence-corrected chi connectivity index (χ1v) is 6.53. The van der Waals surface area contributed by atoms with Crippen LogP contribution in [0, 0.1) is 0 Å². The quantitative estimate of drug-likeness (QED) is 0.874. The molecule has 0 saturated heterocycles. The van der Waals surface area contributed by atoms with Crippen LogP contribution >= 0.6 is 0 Å². The van der Waals surface area contributed by atoms with Crippen LogP contribution in [0.4, 0.5) is 0 Å². The van der Waals surface area contributed by atoms with Crippen molar-refractivity contribution in [2.45, 2.75) is 31.2 Å². The maximum Gasteiger partial charge on any atom is 0.243 e. The number of rotatable bonds is 2. The Morgan fingerprint density at radius 1 is 1.24 bits per heavy atom. The van der Waals surface area contributed by atoms with Crippen molar-refractivity contribution >= 4 is 21.1 Å². The number of aromatic nitrogens is 2. The largest absolute Gasteiger partial charge is 0.243 e. The summed E-state index contributed by atoms with van der Waals surface area (Å²) >= 11 is 0. The predicted molar refractivity (Wildman–Crippen MR) is 61.9 cm³/mol. The topological polar surface area (TPSA) is 85.1 Å². The van der Waals surface area contributed by atoms with Crippen molar-refractivity contribution in [3.63, 3.8) is 0 Å². The Kier molecular flexibility index (Phi) is 2.67. The summed E-state index contributed by atoms with van der Waals surface area (Å²) in [7, 11) is -3.63. The fourth-order valence-corrected chi connectivity index (χ4v) is 3.03. The molecule has 17 heavy (non-hydrogen) atoms. The highest BCUT2D eigenvalue weighted by Gasteiger charge is 2.25. The predicted octanol–water partition coefficient (Wildman–Crippen LogP) is 1.30. The van der Waals surface area contributed by atoms with Crippen LogP contribution in [0.5, 0.6) is 0 Å². The first kappa shape index (κ1) is 12.0. The zero-order chi connectivity index (χ0) is 12.7. The van der Waals surface area contributed by atoms with E-state index in [-0.39, 0.29) is 10.4 Å². The smallest absolute Gasteiger partial charge is 0.243 e. The fraction of sp³-hybridized carbons (Fsp3) is 0.400. The molecule has 0 amide bonds. The third kappa shape index (κ3) is 2.45. The van der Waals surface area contributed by atoms with Gasteiger partial charge in [0, 0.05) is 5.54 Å². The standard InChI is InChI=1S/C10H13N3O3S/c1-10(2,3)13-17(14,15)8-6-4-5-7-9(8)12-16-11-7/h4-6,13H,1-3H3. The van der Waals surface area contributed by atoms with Gasteiger partial charge in [0.25, 0.3) is 0 Å². The van der Waals surface area contributed by atoms with Crippen molar-refractivity contribution in [2.24, 2.45) is 0 Å². The second kappa shape index (κ2) is 3.78. The lowest BCUT2D eigenvalue weighted by Crippen LogP contribution is -2.40. The maximum atomic E-state index is 12.1. The van der Waals surface area contributed by atoms with E-state index in [1.807, 2.05) is 0 Å². The van der Waals surface area contributed by atoms with Gasteiger partial charge in [-0.2, -0.15) is 0 Å². The van der Waals surface area contributed by atoms with Crippen LogP contribution in [-0.4, -0.2) is 24.3 Å². The van der Waals surface area contributed by atoms with Crippen LogP contribution in [0.25, 0.3) is 11.0 Å². The highest BCUT2D eigenvalue weighted by Crippen LogP contribution is 2.20. The van der Waals surface area contributed by atoms with Crippen molar-refractivity contribution < 1.29 is 13.0 Å². The van der Waals surface area contributed by atoms with Gasteiger partial charge in [-0.25, -0.2) is 17.8 Å². The molecule has 0 aliphatic heterocycles. The second-order valence-electron chi connectivity index (χ2n) is 4.74. The van der Waals surface area contributed by atoms with Crippen molar-refractivity contribution in [2.75, 3.05) is 0 Å². The zero-order valence-corrected chi connectivity index (χ0v) is 10.6. The van der Waals surface area contributed by atoms with Crippen molar-refractivity contribution in [3.05, 3.63) is 18.2 Å². The third-order valence-electron chi connectivity index (χ3n) is 1.98. The van der Waals surface area contributed by atoms with Crippen LogP contribution in [0.2, 0.25) is 0 Å². The van der Waals surface area contributed by atoms with E-state index >= 15 is 0 Å². The Labute approximate surface area is 99.0 Å². The molecular weight excluding hydrogens is 242 g/mol. The van der Waals surface area contributed by atoms with E-state index in [2.05, 4.69) is 19.7 Å². The molecule has 0 bridgehead atoms. The average Bonchev–Trinajstić information content (AvgIpc) is 2.60. The van der Waals surface area contributed by atoms with Gasteiger partial charge in [0.05, 0.1) is 0 Å². The number of nitrogens with one attached hydrogen (secondary N) is 1. The molecular formula is C10H13N3O3S. The molecule has 1 heterocycles. The summed E-state index contributed by atoms with van der Waals surface area (Å²) in [4.78, 5) is 0.0752. The number of hydrogen-bond donors (Lipinski definition) is 1. The number of nitrogens with zero attached hydrogens (tertiary/aromatic N) is 2. The lowest BCUT2D eigenvalue weighted by molar-refractivity contribution is 0.315. The van der Waals surface area contributed by atoms with E-state index in [0.29, 0.717) is 5.52 Å². The molecule has 0 saturated carbocycles. The van der Waals surface area contributed by atoms with Gasteiger partial charge in [0.2, 0.25) is 10.0 Å². The number of hydrogen-bond acceptors (Lipinski definition) is 5. The molecule has 0 unspecified atom stereocenters. The van der Waals surface area contributed by atoms with Crippen LogP contribution in [0.1, 0.15) is 20.8 Å². The van der Waals surface area contributed by atoms with Gasteiger partial charge in [0.1, 0.15) is 10.4 Å². The molecule has 0 fully saturated rings. The van der Waals surface area contributed by atoms with Gasteiger partial charge in [-0.15, -0.1) is 0 Å². The Morgan fingerprint density at radius 2 is 1.94 bits per heavy atom. The highest BCUT2D eigenvalue weighted by molar-refractivity contribution is 7.89. The number of sulfonamides is 1. The Hall–Kier alpha value is -1.47. The van der Waals surface area contributed by atoms with E-state index in [1.54, 1.807) is 32.9 Å². The van der Waals surface area contributed by atoms with Crippen LogP contribution < -0.4 is 4.72 Å². The molecule has 1 aromatic carbocycles. The summed E-state index contributed by atoms with van der Waals surface area (Å²) in [6, 6.07) is 4.71. The van der Waals surface area contributed by atoms with Crippen molar-refractivity contribution in [1.29, 1.82) is 0 Å². The minimum Gasteiger partial charge on any atom is -0.243 e. The first-order chi connectivity index (χ1) is 7.80. The summed E-state index contributed by atoms with van der Waals surface area (Å²) in [5, 5.41) is 7.22. The summed E-state index contributed by atoms with van der Waals surface area (Å²) < 4.78 is 31.4. The first-order valence-electron chi connectivity index (χ1n) is 5.05. The summed E-state index contributed by atoms with van der Waals surface area (Å²) in [5.74, 6) is 0. The van der Waals surface area contributed by atoms with Crippen LogP contribution in [0.3, 0.4) is 0 Å². The molecule has 1 N–H and O–H groups in total. The molecule has 1 aromatic heterocycles. The normalized spacial score (nSPS) is 13.1. The Bertz CT molecular complexity index is 640. The van der Waals surface area contributed by atoms with Gasteiger partial charge < -0.3 is 0 Å². The zero-order valence-electron chi connectivity index (χ0n) is 9.76. The van der Waals surface area contributed by atoms with Crippen molar-refractivity contribution in [3.8, 4) is 0 Å². The molecule has 92 valence electrons. The van der Waals surface area contributed by atoms with E-state index in [0.717, 1.165) is 0 Å². The van der Waals surface area contributed by atoms with E-state index < -0.39 is 15.6 Å². The van der Waals surface area contributed by atoms with Gasteiger partial charge in [0.15, 0.2) is 5.52 Å². The monoisotopic (exact) mass is 255 g/mol. The van der Waals surface area contributed by atoms with Crippen LogP contribution in [0.15, 0.2) is 27.7 Å². The SMILES string of the molecule is CC(C)(C)NS(=O)(=O)c1cccc2nonc12. The number of fused-ring (bicyclic) bond motifs is 1. The van der Waals surface area contributed by atoms with Gasteiger partial charge in [-0.1, -0.05) is 6.07 Å². The summed E-state index contributed by atoms with van der Waals surface area (Å²) in [6.07, 6.45) is 0. The summed E-state index contributed by atoms with van der Waals surface area (Å²) in [5.41, 5.74) is 0.101. The Balaban J connectivity index is 2.57. The lowest BCUT2D eigenvalue weighted by atomic mass is 10.1. The Morgan fingerprint density at radius 3 is 2.59 bits per heavy atom. The van der Waals surface area contributed by atoms with Gasteiger partial charge in [-0.05, 0) is 43.2 Å². The molecule has 2 rings (SSSR count). The third-order valence-corrected chi connectivity index (χ3v) is 3.77. The molecule has 0 spiro atoms. The molecule has 6 nitrogen and oxygen atoms in total. The van der Waals surface area contributed by atoms with Gasteiger partial charge >= 0.3 is 0 Å². The lowest BCUT2D eigenvalue weighted by Gasteiger charge is -2.20. The maximum absolute atomic E-state index is 12.1. The minimum atomic E-state index is -3.63. The molecule has 0 atom stereocenters. The fourth-order valence-electron chi connectivity index (χ4n) is 1.46. The summed E-state index contributed by atoms with van der Waals surface area (Å²) in [6.45, 7) is 5.31. The van der Waals surface area contributed by atoms with E-state index in [9.17, 15) is 8.42 Å². The number of benzene rings is 1. The average molecular weight is 255 g/mol. The van der Waals surface area contributed by atoms with Crippen LogP contribution in [-0.2, 0) is 10.0 Å². The molecule has 7 heteroatoms. The van der Waals surface area contributed by atoms with E-state index in [4.69, 9.17) is 0 Å². The minimum absolute atomic E-state index is 0.0752. The molecule has 2 aromatic rings. The van der Waals surface area contributed by atoms with E-state index in [1.165, 1.54) is 6.07 Å². The molecule has 0 aliphatic rings. The molecule has 0 aliphatic carbocycles.